The average Bonchev–Trinajstić information content (AvgIpc) is 2.63. The maximum Gasteiger partial charge on any atom is 0.338 e. The van der Waals surface area contributed by atoms with Gasteiger partial charge in [0, 0.05) is 10.6 Å². The molecule has 0 aromatic heterocycles. The van der Waals surface area contributed by atoms with Gasteiger partial charge in [0.2, 0.25) is 0 Å². The summed E-state index contributed by atoms with van der Waals surface area (Å²) in [4.78, 5) is 25.1. The minimum Gasteiger partial charge on any atom is -0.462 e. The van der Waals surface area contributed by atoms with Crippen LogP contribution in [0.1, 0.15) is 30.1 Å². The van der Waals surface area contributed by atoms with E-state index in [1.165, 1.54) is 11.8 Å². The second-order valence-corrected chi connectivity index (χ2v) is 6.84. The molecule has 6 heteroatoms. The molecule has 25 heavy (non-hydrogen) atoms. The molecule has 1 amide bonds. The molecule has 0 spiro atoms. The van der Waals surface area contributed by atoms with Crippen LogP contribution in [-0.4, -0.2) is 23.9 Å². The van der Waals surface area contributed by atoms with Crippen molar-refractivity contribution in [2.75, 3.05) is 17.2 Å². The lowest BCUT2D eigenvalue weighted by atomic mass is 10.2. The third kappa shape index (κ3) is 4.33. The molecule has 1 aliphatic heterocycles. The monoisotopic (exact) mass is 356 g/mol. The van der Waals surface area contributed by atoms with Crippen LogP contribution < -0.4 is 10.6 Å². The molecule has 2 aromatic carbocycles. The number of fused-ring (bicyclic) bond motifs is 1. The number of carbonyl (C=O) groups is 2. The predicted molar refractivity (Wildman–Crippen MR) is 100.0 cm³/mol. The molecule has 0 unspecified atom stereocenters. The summed E-state index contributed by atoms with van der Waals surface area (Å²) in [7, 11) is 0. The van der Waals surface area contributed by atoms with E-state index >= 15 is 0 Å². The van der Waals surface area contributed by atoms with Gasteiger partial charge >= 0.3 is 5.97 Å². The van der Waals surface area contributed by atoms with Crippen LogP contribution in [0.3, 0.4) is 0 Å². The number of thioether (sulfide) groups is 1. The van der Waals surface area contributed by atoms with E-state index in [-0.39, 0.29) is 11.9 Å². The number of unbranched alkanes of at least 4 members (excludes halogenated alkanes) is 1. The number of nitrogens with one attached hydrogen (secondary N) is 2. The smallest absolute Gasteiger partial charge is 0.338 e. The molecule has 1 aliphatic rings. The Labute approximate surface area is 151 Å². The van der Waals surface area contributed by atoms with Crippen molar-refractivity contribution in [2.45, 2.75) is 30.0 Å². The molecule has 0 saturated carbocycles. The third-order valence-electron chi connectivity index (χ3n) is 3.78. The lowest BCUT2D eigenvalue weighted by Gasteiger charge is -2.25. The second kappa shape index (κ2) is 8.07. The highest BCUT2D eigenvalue weighted by Gasteiger charge is 2.26. The van der Waals surface area contributed by atoms with Crippen LogP contribution in [0, 0.1) is 0 Å². The molecule has 1 heterocycles. The Bertz CT molecular complexity index is 762. The molecule has 2 N–H and O–H groups in total. The molecule has 0 radical (unpaired) electrons. The normalized spacial score (nSPS) is 15.9. The van der Waals surface area contributed by atoms with Gasteiger partial charge in [0.25, 0.3) is 5.91 Å². The van der Waals surface area contributed by atoms with Crippen molar-refractivity contribution in [1.82, 2.24) is 0 Å². The molecule has 5 nitrogen and oxygen atoms in total. The maximum absolute atomic E-state index is 12.2. The fourth-order valence-electron chi connectivity index (χ4n) is 2.39. The van der Waals surface area contributed by atoms with Gasteiger partial charge in [-0.2, -0.15) is 0 Å². The van der Waals surface area contributed by atoms with Gasteiger partial charge in [-0.15, -0.1) is 0 Å². The number of hydrogen-bond donors (Lipinski definition) is 2. The highest BCUT2D eigenvalue weighted by Crippen LogP contribution is 2.35. The van der Waals surface area contributed by atoms with Gasteiger partial charge in [-0.25, -0.2) is 4.79 Å². The van der Waals surface area contributed by atoms with E-state index in [2.05, 4.69) is 10.6 Å². The van der Waals surface area contributed by atoms with Gasteiger partial charge in [-0.1, -0.05) is 37.2 Å². The Hall–Kier alpha value is -2.47. The molecular formula is C19H20N2O3S. The van der Waals surface area contributed by atoms with E-state index in [0.29, 0.717) is 12.2 Å². The first-order valence-electron chi connectivity index (χ1n) is 8.27. The van der Waals surface area contributed by atoms with Gasteiger partial charge in [0.15, 0.2) is 5.37 Å². The highest BCUT2D eigenvalue weighted by molar-refractivity contribution is 8.01. The number of para-hydroxylation sites is 1. The zero-order chi connectivity index (χ0) is 17.6. The van der Waals surface area contributed by atoms with E-state index in [0.717, 1.165) is 29.1 Å². The topological polar surface area (TPSA) is 67.4 Å². The SMILES string of the molecule is CCCCOC(=O)c1ccc(N[C@@H]2Sc3ccccc3NC2=O)cc1. The lowest BCUT2D eigenvalue weighted by Crippen LogP contribution is -2.34. The standard InChI is InChI=1S/C19H20N2O3S/c1-2-3-12-24-19(23)13-8-10-14(11-9-13)20-18-17(22)21-15-6-4-5-7-16(15)25-18/h4-11,18,20H,2-3,12H2,1H3,(H,21,22)/t18-/m1/s1. The number of hydrogen-bond acceptors (Lipinski definition) is 5. The van der Waals surface area contributed by atoms with Crippen LogP contribution in [-0.2, 0) is 9.53 Å². The first-order chi connectivity index (χ1) is 12.2. The number of ether oxygens (including phenoxy) is 1. The second-order valence-electron chi connectivity index (χ2n) is 5.69. The maximum atomic E-state index is 12.2. The number of amides is 1. The predicted octanol–water partition coefficient (Wildman–Crippen LogP) is 4.13. The van der Waals surface area contributed by atoms with E-state index in [9.17, 15) is 9.59 Å². The van der Waals surface area contributed by atoms with Gasteiger partial charge < -0.3 is 15.4 Å². The molecule has 130 valence electrons. The van der Waals surface area contributed by atoms with Crippen LogP contribution in [0.4, 0.5) is 11.4 Å². The summed E-state index contributed by atoms with van der Waals surface area (Å²) in [5.74, 6) is -0.412. The van der Waals surface area contributed by atoms with E-state index in [1.54, 1.807) is 24.3 Å². The molecule has 1 atom stereocenters. The van der Waals surface area contributed by atoms with Crippen LogP contribution in [0.5, 0.6) is 0 Å². The van der Waals surface area contributed by atoms with E-state index in [4.69, 9.17) is 4.74 Å². The van der Waals surface area contributed by atoms with Gasteiger partial charge in [0.1, 0.15) is 0 Å². The molecule has 2 aromatic rings. The Morgan fingerprint density at radius 2 is 1.96 bits per heavy atom. The Morgan fingerprint density at radius 3 is 2.72 bits per heavy atom. The van der Waals surface area contributed by atoms with Crippen LogP contribution in [0.15, 0.2) is 53.4 Å². The number of rotatable bonds is 6. The summed E-state index contributed by atoms with van der Waals surface area (Å²) < 4.78 is 5.19. The minimum absolute atomic E-state index is 0.0910. The van der Waals surface area contributed by atoms with Crippen molar-refractivity contribution < 1.29 is 14.3 Å². The molecule has 0 saturated heterocycles. The van der Waals surface area contributed by atoms with Gasteiger partial charge in [0.05, 0.1) is 17.9 Å². The Kier molecular flexibility index (Phi) is 5.60. The van der Waals surface area contributed by atoms with Crippen LogP contribution >= 0.6 is 11.8 Å². The zero-order valence-electron chi connectivity index (χ0n) is 14.0. The zero-order valence-corrected chi connectivity index (χ0v) is 14.8. The van der Waals surface area contributed by atoms with Crippen molar-refractivity contribution in [1.29, 1.82) is 0 Å². The van der Waals surface area contributed by atoms with Crippen molar-refractivity contribution in [2.24, 2.45) is 0 Å². The highest BCUT2D eigenvalue weighted by atomic mass is 32.2. The molecule has 3 rings (SSSR count). The van der Waals surface area contributed by atoms with Crippen LogP contribution in [0.2, 0.25) is 0 Å². The summed E-state index contributed by atoms with van der Waals surface area (Å²) >= 11 is 1.47. The molecular weight excluding hydrogens is 336 g/mol. The average molecular weight is 356 g/mol. The summed E-state index contributed by atoms with van der Waals surface area (Å²) in [6.07, 6.45) is 1.85. The first-order valence-corrected chi connectivity index (χ1v) is 9.15. The van der Waals surface area contributed by atoms with Gasteiger partial charge in [-0.3, -0.25) is 4.79 Å². The lowest BCUT2D eigenvalue weighted by molar-refractivity contribution is -0.115. The summed E-state index contributed by atoms with van der Waals surface area (Å²) in [6.45, 7) is 2.49. The number of anilines is 2. The van der Waals surface area contributed by atoms with E-state index < -0.39 is 5.37 Å². The summed E-state index contributed by atoms with van der Waals surface area (Å²) in [5.41, 5.74) is 2.12. The molecule has 0 bridgehead atoms. The minimum atomic E-state index is -0.419. The third-order valence-corrected chi connectivity index (χ3v) is 4.95. The first kappa shape index (κ1) is 17.4. The van der Waals surface area contributed by atoms with Crippen molar-refractivity contribution in [3.63, 3.8) is 0 Å². The fraction of sp³-hybridized carbons (Fsp3) is 0.263. The Morgan fingerprint density at radius 1 is 1.20 bits per heavy atom. The van der Waals surface area contributed by atoms with Crippen LogP contribution in [0.25, 0.3) is 0 Å². The number of carbonyl (C=O) groups excluding carboxylic acids is 2. The fourth-order valence-corrected chi connectivity index (χ4v) is 3.41. The summed E-state index contributed by atoms with van der Waals surface area (Å²) in [5, 5.41) is 5.66. The van der Waals surface area contributed by atoms with E-state index in [1.807, 2.05) is 31.2 Å². The van der Waals surface area contributed by atoms with Crippen molar-refractivity contribution in [3.05, 3.63) is 54.1 Å². The molecule has 0 aliphatic carbocycles. The quantitative estimate of drug-likeness (QED) is 0.602. The van der Waals surface area contributed by atoms with Gasteiger partial charge in [-0.05, 0) is 42.8 Å². The largest absolute Gasteiger partial charge is 0.462 e. The van der Waals surface area contributed by atoms with Crippen molar-refractivity contribution in [3.8, 4) is 0 Å². The molecule has 0 fully saturated rings. The van der Waals surface area contributed by atoms with Crippen molar-refractivity contribution >= 4 is 35.0 Å². The number of esters is 1. The Balaban J connectivity index is 1.62. The number of benzene rings is 2. The summed E-state index contributed by atoms with van der Waals surface area (Å²) in [6, 6.07) is 14.7.